The molecular weight excluding hydrogens is 308 g/mol. The summed E-state index contributed by atoms with van der Waals surface area (Å²) in [7, 11) is 0. The molecule has 23 heavy (non-hydrogen) atoms. The third-order valence-corrected chi connectivity index (χ3v) is 4.95. The van der Waals surface area contributed by atoms with Crippen LogP contribution in [0.2, 0.25) is 0 Å². The highest BCUT2D eigenvalue weighted by molar-refractivity contribution is 7.98. The Morgan fingerprint density at radius 1 is 1.22 bits per heavy atom. The Labute approximate surface area is 140 Å². The van der Waals surface area contributed by atoms with Crippen molar-refractivity contribution in [3.8, 4) is 5.75 Å². The third-order valence-electron chi connectivity index (χ3n) is 3.94. The molecule has 1 heterocycles. The maximum Gasteiger partial charge on any atom is 0.124 e. The second-order valence-electron chi connectivity index (χ2n) is 6.04. The predicted molar refractivity (Wildman–Crippen MR) is 93.6 cm³/mol. The first-order chi connectivity index (χ1) is 11.1. The van der Waals surface area contributed by atoms with Crippen LogP contribution in [-0.4, -0.2) is 20.0 Å². The van der Waals surface area contributed by atoms with Gasteiger partial charge in [0.25, 0.3) is 0 Å². The molecule has 0 saturated carbocycles. The number of phenolic OH excluding ortho intramolecular Hbond substituents is 1. The van der Waals surface area contributed by atoms with Gasteiger partial charge in [-0.2, -0.15) is 5.10 Å². The summed E-state index contributed by atoms with van der Waals surface area (Å²) >= 11 is 1.68. The van der Waals surface area contributed by atoms with Gasteiger partial charge in [-0.15, -0.1) is 11.8 Å². The SMILES string of the molecule is CC(C)n1nc(CO)cc1CSc1cc(O)c2c(c1)=CCCC=2. The molecule has 1 aliphatic carbocycles. The molecule has 4 nitrogen and oxygen atoms in total. The summed E-state index contributed by atoms with van der Waals surface area (Å²) in [6, 6.07) is 6.18. The van der Waals surface area contributed by atoms with Crippen LogP contribution in [0.15, 0.2) is 23.1 Å². The molecule has 0 atom stereocenters. The fraction of sp³-hybridized carbons (Fsp3) is 0.389. The first-order valence-corrected chi connectivity index (χ1v) is 8.91. The lowest BCUT2D eigenvalue weighted by Gasteiger charge is -2.11. The van der Waals surface area contributed by atoms with Crippen molar-refractivity contribution in [1.29, 1.82) is 0 Å². The summed E-state index contributed by atoms with van der Waals surface area (Å²) in [6.07, 6.45) is 6.30. The molecular formula is C18H22N2O2S. The van der Waals surface area contributed by atoms with E-state index in [9.17, 15) is 10.2 Å². The Morgan fingerprint density at radius 3 is 2.74 bits per heavy atom. The summed E-state index contributed by atoms with van der Waals surface area (Å²) < 4.78 is 1.96. The van der Waals surface area contributed by atoms with Crippen molar-refractivity contribution in [3.63, 3.8) is 0 Å². The molecule has 2 aromatic rings. The van der Waals surface area contributed by atoms with Gasteiger partial charge < -0.3 is 10.2 Å². The number of nitrogens with zero attached hydrogens (tertiary/aromatic N) is 2. The number of benzene rings is 1. The highest BCUT2D eigenvalue weighted by atomic mass is 32.2. The molecule has 5 heteroatoms. The largest absolute Gasteiger partial charge is 0.507 e. The standard InChI is InChI=1S/C18H22N2O2S/c1-12(2)20-15(8-14(10-21)19-20)11-23-16-7-13-5-3-4-6-17(13)18(22)9-16/h5-9,12,21-22H,3-4,10-11H2,1-2H3. The molecule has 0 amide bonds. The third kappa shape index (κ3) is 3.46. The lowest BCUT2D eigenvalue weighted by molar-refractivity contribution is 0.274. The summed E-state index contributed by atoms with van der Waals surface area (Å²) in [6.45, 7) is 4.12. The van der Waals surface area contributed by atoms with Crippen LogP contribution in [0, 0.1) is 0 Å². The van der Waals surface area contributed by atoms with Gasteiger partial charge in [0.2, 0.25) is 0 Å². The average Bonchev–Trinajstić information content (AvgIpc) is 2.97. The Balaban J connectivity index is 1.85. The van der Waals surface area contributed by atoms with E-state index in [0.717, 1.165) is 39.6 Å². The normalized spacial score (nSPS) is 13.6. The van der Waals surface area contributed by atoms with E-state index < -0.39 is 0 Å². The molecule has 0 aliphatic heterocycles. The zero-order valence-electron chi connectivity index (χ0n) is 13.5. The fourth-order valence-corrected chi connectivity index (χ4v) is 3.79. The summed E-state index contributed by atoms with van der Waals surface area (Å²) in [5.74, 6) is 1.11. The van der Waals surface area contributed by atoms with E-state index in [1.165, 1.54) is 0 Å². The number of aliphatic hydroxyl groups is 1. The molecule has 0 radical (unpaired) electrons. The fourth-order valence-electron chi connectivity index (χ4n) is 2.85. The number of hydrogen-bond donors (Lipinski definition) is 2. The number of aromatic nitrogens is 2. The minimum Gasteiger partial charge on any atom is -0.507 e. The van der Waals surface area contributed by atoms with Gasteiger partial charge in [0.15, 0.2) is 0 Å². The highest BCUT2D eigenvalue weighted by Crippen LogP contribution is 2.25. The van der Waals surface area contributed by atoms with Crippen molar-refractivity contribution < 1.29 is 10.2 Å². The zero-order valence-corrected chi connectivity index (χ0v) is 14.3. The second kappa shape index (κ2) is 6.81. The van der Waals surface area contributed by atoms with Crippen molar-refractivity contribution in [1.82, 2.24) is 9.78 Å². The van der Waals surface area contributed by atoms with Crippen LogP contribution in [0.25, 0.3) is 12.2 Å². The minimum absolute atomic E-state index is 0.0399. The van der Waals surface area contributed by atoms with E-state index in [-0.39, 0.29) is 12.6 Å². The van der Waals surface area contributed by atoms with Gasteiger partial charge in [-0.05, 0) is 50.1 Å². The van der Waals surface area contributed by atoms with E-state index >= 15 is 0 Å². The van der Waals surface area contributed by atoms with Gasteiger partial charge in [-0.1, -0.05) is 12.2 Å². The topological polar surface area (TPSA) is 58.3 Å². The van der Waals surface area contributed by atoms with Crippen LogP contribution in [0.1, 0.15) is 44.1 Å². The van der Waals surface area contributed by atoms with Gasteiger partial charge in [0, 0.05) is 27.6 Å². The Morgan fingerprint density at radius 2 is 2.00 bits per heavy atom. The number of rotatable bonds is 5. The number of hydrogen-bond acceptors (Lipinski definition) is 4. The lowest BCUT2D eigenvalue weighted by atomic mass is 10.1. The van der Waals surface area contributed by atoms with Crippen molar-refractivity contribution in [3.05, 3.63) is 40.0 Å². The monoisotopic (exact) mass is 330 g/mol. The Kier molecular flexibility index (Phi) is 4.78. The lowest BCUT2D eigenvalue weighted by Crippen LogP contribution is -2.26. The summed E-state index contributed by atoms with van der Waals surface area (Å²) in [5.41, 5.74) is 1.78. The first kappa shape index (κ1) is 16.1. The van der Waals surface area contributed by atoms with Gasteiger partial charge in [0.05, 0.1) is 12.3 Å². The number of thioether (sulfide) groups is 1. The first-order valence-electron chi connectivity index (χ1n) is 7.93. The quantitative estimate of drug-likeness (QED) is 0.826. The maximum absolute atomic E-state index is 10.2. The van der Waals surface area contributed by atoms with Gasteiger partial charge >= 0.3 is 0 Å². The van der Waals surface area contributed by atoms with Gasteiger partial charge in [0.1, 0.15) is 5.75 Å². The maximum atomic E-state index is 10.2. The van der Waals surface area contributed by atoms with Crippen molar-refractivity contribution >= 4 is 23.9 Å². The van der Waals surface area contributed by atoms with E-state index in [2.05, 4.69) is 37.2 Å². The average molecular weight is 330 g/mol. The van der Waals surface area contributed by atoms with Crippen LogP contribution in [0.4, 0.5) is 0 Å². The molecule has 0 saturated heterocycles. The van der Waals surface area contributed by atoms with Crippen molar-refractivity contribution in [2.75, 3.05) is 0 Å². The van der Waals surface area contributed by atoms with Crippen LogP contribution in [0.5, 0.6) is 5.75 Å². The van der Waals surface area contributed by atoms with E-state index in [4.69, 9.17) is 0 Å². The van der Waals surface area contributed by atoms with Crippen LogP contribution < -0.4 is 10.4 Å². The van der Waals surface area contributed by atoms with Crippen molar-refractivity contribution in [2.24, 2.45) is 0 Å². The minimum atomic E-state index is -0.0399. The predicted octanol–water partition coefficient (Wildman–Crippen LogP) is 2.31. The number of aromatic hydroxyl groups is 1. The zero-order chi connectivity index (χ0) is 16.4. The second-order valence-corrected chi connectivity index (χ2v) is 7.09. The van der Waals surface area contributed by atoms with E-state index in [0.29, 0.717) is 11.4 Å². The van der Waals surface area contributed by atoms with Crippen LogP contribution in [0.3, 0.4) is 0 Å². The number of phenols is 1. The molecule has 1 aromatic heterocycles. The molecule has 122 valence electrons. The molecule has 1 aromatic carbocycles. The van der Waals surface area contributed by atoms with Gasteiger partial charge in [-0.25, -0.2) is 0 Å². The number of aliphatic hydroxyl groups excluding tert-OH is 1. The highest BCUT2D eigenvalue weighted by Gasteiger charge is 2.11. The van der Waals surface area contributed by atoms with Crippen LogP contribution in [-0.2, 0) is 12.4 Å². The van der Waals surface area contributed by atoms with E-state index in [1.807, 2.05) is 16.8 Å². The molecule has 0 spiro atoms. The van der Waals surface area contributed by atoms with E-state index in [1.54, 1.807) is 11.8 Å². The van der Waals surface area contributed by atoms with Crippen LogP contribution >= 0.6 is 11.8 Å². The van der Waals surface area contributed by atoms with Crippen molar-refractivity contribution in [2.45, 2.75) is 50.0 Å². The molecule has 0 unspecified atom stereocenters. The summed E-state index contributed by atoms with van der Waals surface area (Å²) in [5, 5.41) is 26.0. The molecule has 3 rings (SSSR count). The number of fused-ring (bicyclic) bond motifs is 1. The molecule has 1 aliphatic rings. The molecule has 0 fully saturated rings. The molecule has 0 bridgehead atoms. The Bertz CT molecular complexity index is 824. The molecule has 2 N–H and O–H groups in total. The Hall–Kier alpha value is -1.72. The van der Waals surface area contributed by atoms with Gasteiger partial charge in [-0.3, -0.25) is 4.68 Å². The smallest absolute Gasteiger partial charge is 0.124 e. The summed E-state index contributed by atoms with van der Waals surface area (Å²) in [4.78, 5) is 1.05.